The molecule has 2 N–H and O–H groups in total. The molecule has 2 rings (SSSR count). The second-order valence-electron chi connectivity index (χ2n) is 5.26. The Balaban J connectivity index is 2.11. The molecule has 21 heavy (non-hydrogen) atoms. The molecule has 7 nitrogen and oxygen atoms in total. The molecule has 1 amide bonds. The van der Waals surface area contributed by atoms with E-state index < -0.39 is 17.9 Å². The first-order valence-corrected chi connectivity index (χ1v) is 7.14. The van der Waals surface area contributed by atoms with E-state index in [1.807, 2.05) is 6.92 Å². The summed E-state index contributed by atoms with van der Waals surface area (Å²) in [6.07, 6.45) is 3.31. The molecule has 114 valence electrons. The summed E-state index contributed by atoms with van der Waals surface area (Å²) in [6, 6.07) is 1.73. The number of unbranched alkanes of at least 4 members (excludes halogenated alkanes) is 1. The van der Waals surface area contributed by atoms with Crippen molar-refractivity contribution in [3.63, 3.8) is 0 Å². The van der Waals surface area contributed by atoms with Crippen molar-refractivity contribution >= 4 is 11.9 Å². The lowest BCUT2D eigenvalue weighted by Gasteiger charge is -2.13. The Morgan fingerprint density at radius 1 is 1.48 bits per heavy atom. The Bertz CT molecular complexity index is 592. The van der Waals surface area contributed by atoms with Crippen molar-refractivity contribution in [2.45, 2.75) is 45.2 Å². The summed E-state index contributed by atoms with van der Waals surface area (Å²) in [6.45, 7) is 2.44. The summed E-state index contributed by atoms with van der Waals surface area (Å²) in [5.41, 5.74) is -0.199. The highest BCUT2D eigenvalue weighted by Gasteiger charge is 2.37. The molecule has 0 spiro atoms. The van der Waals surface area contributed by atoms with Crippen LogP contribution in [0.15, 0.2) is 16.9 Å². The van der Waals surface area contributed by atoms with Gasteiger partial charge in [0, 0.05) is 12.6 Å². The number of nitrogens with one attached hydrogen (secondary N) is 1. The van der Waals surface area contributed by atoms with Crippen LogP contribution in [0.25, 0.3) is 0 Å². The molecular formula is C14H19N3O4. The van der Waals surface area contributed by atoms with E-state index in [0.717, 1.165) is 25.7 Å². The highest BCUT2D eigenvalue weighted by molar-refractivity contribution is 5.94. The van der Waals surface area contributed by atoms with Gasteiger partial charge in [-0.25, -0.2) is 9.48 Å². The van der Waals surface area contributed by atoms with E-state index in [1.165, 1.54) is 16.8 Å². The predicted molar refractivity (Wildman–Crippen MR) is 75.0 cm³/mol. The van der Waals surface area contributed by atoms with E-state index in [-0.39, 0.29) is 17.2 Å². The van der Waals surface area contributed by atoms with Gasteiger partial charge in [-0.1, -0.05) is 13.3 Å². The van der Waals surface area contributed by atoms with Crippen LogP contribution in [0.5, 0.6) is 0 Å². The number of carbonyl (C=O) groups is 2. The van der Waals surface area contributed by atoms with Gasteiger partial charge in [0.05, 0.1) is 0 Å². The number of aromatic nitrogens is 2. The van der Waals surface area contributed by atoms with Gasteiger partial charge in [0.25, 0.3) is 11.5 Å². The second kappa shape index (κ2) is 6.51. The number of carbonyl (C=O) groups excluding carboxylic acids is 1. The van der Waals surface area contributed by atoms with Crippen molar-refractivity contribution in [3.8, 4) is 0 Å². The fraction of sp³-hybridized carbons (Fsp3) is 0.571. The van der Waals surface area contributed by atoms with Crippen molar-refractivity contribution < 1.29 is 14.7 Å². The largest absolute Gasteiger partial charge is 0.480 e. The van der Waals surface area contributed by atoms with Gasteiger partial charge in [0.1, 0.15) is 11.7 Å². The van der Waals surface area contributed by atoms with E-state index in [4.69, 9.17) is 5.11 Å². The van der Waals surface area contributed by atoms with Gasteiger partial charge < -0.3 is 10.4 Å². The van der Waals surface area contributed by atoms with Gasteiger partial charge >= 0.3 is 5.97 Å². The topological polar surface area (TPSA) is 101 Å². The Morgan fingerprint density at radius 3 is 2.76 bits per heavy atom. The van der Waals surface area contributed by atoms with Gasteiger partial charge in [0.2, 0.25) is 0 Å². The Hall–Kier alpha value is -2.18. The van der Waals surface area contributed by atoms with Crippen LogP contribution in [0, 0.1) is 5.92 Å². The molecule has 1 aromatic heterocycles. The van der Waals surface area contributed by atoms with Crippen LogP contribution in [0.1, 0.15) is 43.1 Å². The van der Waals surface area contributed by atoms with E-state index in [1.54, 1.807) is 0 Å². The lowest BCUT2D eigenvalue weighted by atomic mass is 10.2. The van der Waals surface area contributed by atoms with E-state index in [0.29, 0.717) is 6.54 Å². The third kappa shape index (κ3) is 3.90. The fourth-order valence-corrected chi connectivity index (χ4v) is 2.06. The Labute approximate surface area is 122 Å². The SMILES string of the molecule is CCCCn1nc(C(=O)NC(C(=O)O)C2CC2)ccc1=O. The normalized spacial score (nSPS) is 15.5. The molecule has 1 atom stereocenters. The molecule has 1 aliphatic carbocycles. The van der Waals surface area contributed by atoms with Gasteiger partial charge in [-0.15, -0.1) is 0 Å². The molecule has 1 saturated carbocycles. The summed E-state index contributed by atoms with van der Waals surface area (Å²) in [5, 5.41) is 15.6. The minimum atomic E-state index is -1.04. The molecule has 7 heteroatoms. The van der Waals surface area contributed by atoms with Crippen molar-refractivity contribution in [2.24, 2.45) is 5.92 Å². The molecule has 1 aromatic rings. The average Bonchev–Trinajstić information content (AvgIpc) is 3.27. The summed E-state index contributed by atoms with van der Waals surface area (Å²) >= 11 is 0. The maximum absolute atomic E-state index is 12.1. The maximum Gasteiger partial charge on any atom is 0.326 e. The molecular weight excluding hydrogens is 274 g/mol. The van der Waals surface area contributed by atoms with Crippen LogP contribution >= 0.6 is 0 Å². The number of rotatable bonds is 7. The summed E-state index contributed by atoms with van der Waals surface area (Å²) in [4.78, 5) is 34.8. The second-order valence-corrected chi connectivity index (χ2v) is 5.26. The third-order valence-corrected chi connectivity index (χ3v) is 3.47. The van der Waals surface area contributed by atoms with Gasteiger partial charge in [-0.05, 0) is 31.2 Å². The zero-order valence-electron chi connectivity index (χ0n) is 11.9. The summed E-state index contributed by atoms with van der Waals surface area (Å²) in [5.74, 6) is -1.60. The average molecular weight is 293 g/mol. The maximum atomic E-state index is 12.1. The van der Waals surface area contributed by atoms with Crippen molar-refractivity contribution in [3.05, 3.63) is 28.2 Å². The molecule has 1 heterocycles. The smallest absolute Gasteiger partial charge is 0.326 e. The van der Waals surface area contributed by atoms with Gasteiger partial charge in [0.15, 0.2) is 0 Å². The van der Waals surface area contributed by atoms with Crippen molar-refractivity contribution in [1.29, 1.82) is 0 Å². The van der Waals surface area contributed by atoms with Crippen LogP contribution in [-0.2, 0) is 11.3 Å². The number of aryl methyl sites for hydroxylation is 1. The van der Waals surface area contributed by atoms with Crippen molar-refractivity contribution in [2.75, 3.05) is 0 Å². The third-order valence-electron chi connectivity index (χ3n) is 3.47. The Kier molecular flexibility index (Phi) is 4.72. The first-order chi connectivity index (χ1) is 10.0. The van der Waals surface area contributed by atoms with Crippen molar-refractivity contribution in [1.82, 2.24) is 15.1 Å². The quantitative estimate of drug-likeness (QED) is 0.768. The van der Waals surface area contributed by atoms with Crippen LogP contribution in [0.4, 0.5) is 0 Å². The van der Waals surface area contributed by atoms with E-state index >= 15 is 0 Å². The van der Waals surface area contributed by atoms with Crippen LogP contribution < -0.4 is 10.9 Å². The number of hydrogen-bond donors (Lipinski definition) is 2. The molecule has 1 aliphatic rings. The molecule has 0 aliphatic heterocycles. The number of carboxylic acid groups (broad SMARTS) is 1. The fourth-order valence-electron chi connectivity index (χ4n) is 2.06. The first kappa shape index (κ1) is 15.2. The number of nitrogens with zero attached hydrogens (tertiary/aromatic N) is 2. The molecule has 0 aromatic carbocycles. The summed E-state index contributed by atoms with van der Waals surface area (Å²) < 4.78 is 1.24. The molecule has 1 fully saturated rings. The van der Waals surface area contributed by atoms with Crippen LogP contribution in [0.3, 0.4) is 0 Å². The highest BCUT2D eigenvalue weighted by Crippen LogP contribution is 2.32. The predicted octanol–water partition coefficient (Wildman–Crippen LogP) is 0.636. The molecule has 0 saturated heterocycles. The Morgan fingerprint density at radius 2 is 2.19 bits per heavy atom. The zero-order chi connectivity index (χ0) is 15.4. The number of carboxylic acids is 1. The number of hydrogen-bond acceptors (Lipinski definition) is 4. The van der Waals surface area contributed by atoms with Gasteiger partial charge in [-0.3, -0.25) is 9.59 Å². The molecule has 1 unspecified atom stereocenters. The van der Waals surface area contributed by atoms with Gasteiger partial charge in [-0.2, -0.15) is 5.10 Å². The highest BCUT2D eigenvalue weighted by atomic mass is 16.4. The lowest BCUT2D eigenvalue weighted by Crippen LogP contribution is -2.43. The standard InChI is InChI=1S/C14H19N3O4/c1-2-3-8-17-11(18)7-6-10(16-17)13(19)15-12(14(20)21)9-4-5-9/h6-7,9,12H,2-5,8H2,1H3,(H,15,19)(H,20,21). The first-order valence-electron chi connectivity index (χ1n) is 7.14. The summed E-state index contributed by atoms with van der Waals surface area (Å²) in [7, 11) is 0. The lowest BCUT2D eigenvalue weighted by molar-refractivity contribution is -0.139. The minimum absolute atomic E-state index is 0.00236. The zero-order valence-corrected chi connectivity index (χ0v) is 11.9. The van der Waals surface area contributed by atoms with E-state index in [9.17, 15) is 14.4 Å². The number of amides is 1. The van der Waals surface area contributed by atoms with E-state index in [2.05, 4.69) is 10.4 Å². The monoisotopic (exact) mass is 293 g/mol. The van der Waals surface area contributed by atoms with Crippen LogP contribution in [0.2, 0.25) is 0 Å². The minimum Gasteiger partial charge on any atom is -0.480 e. The molecule has 0 radical (unpaired) electrons. The van der Waals surface area contributed by atoms with Crippen LogP contribution in [-0.4, -0.2) is 32.8 Å². The molecule has 0 bridgehead atoms. The number of aliphatic carboxylic acids is 1.